The largest absolute Gasteiger partial charge is 0.442 e. The number of fused-ring (bicyclic) bond motifs is 1. The highest BCUT2D eigenvalue weighted by molar-refractivity contribution is 7.13. The zero-order chi connectivity index (χ0) is 19.3. The molecule has 2 aliphatic carbocycles. The first kappa shape index (κ1) is 17.7. The van der Waals surface area contributed by atoms with Crippen LogP contribution in [0.2, 0.25) is 0 Å². The number of nitrogens with one attached hydrogen (secondary N) is 1. The molecule has 1 aromatic heterocycles. The van der Waals surface area contributed by atoms with Gasteiger partial charge < -0.3 is 15.0 Å². The first-order valence-corrected chi connectivity index (χ1v) is 10.7. The lowest BCUT2D eigenvalue weighted by Gasteiger charge is -2.27. The number of rotatable bonds is 5. The fourth-order valence-corrected chi connectivity index (χ4v) is 5.49. The monoisotopic (exact) mass is 400 g/mol. The van der Waals surface area contributed by atoms with Crippen LogP contribution in [0.3, 0.4) is 0 Å². The molecule has 3 unspecified atom stereocenters. The van der Waals surface area contributed by atoms with E-state index in [9.17, 15) is 9.59 Å². The van der Waals surface area contributed by atoms with Crippen molar-refractivity contribution in [2.24, 2.45) is 11.3 Å². The first-order chi connectivity index (χ1) is 13.5. The predicted octanol–water partition coefficient (Wildman–Crippen LogP) is 2.18. The topological polar surface area (TPSA) is 74.8 Å². The molecule has 2 saturated heterocycles. The van der Waals surface area contributed by atoms with Gasteiger partial charge in [-0.3, -0.25) is 9.69 Å². The summed E-state index contributed by atoms with van der Waals surface area (Å²) in [5.41, 5.74) is 1.68. The molecule has 3 heterocycles. The van der Waals surface area contributed by atoms with Crippen molar-refractivity contribution in [1.82, 2.24) is 15.2 Å². The number of anilines is 1. The maximum atomic E-state index is 12.2. The van der Waals surface area contributed by atoms with E-state index in [1.54, 1.807) is 16.2 Å². The third kappa shape index (κ3) is 2.99. The van der Waals surface area contributed by atoms with E-state index in [1.807, 2.05) is 11.6 Å². The van der Waals surface area contributed by atoms with Crippen LogP contribution < -0.4 is 10.2 Å². The lowest BCUT2D eigenvalue weighted by Crippen LogP contribution is -2.38. The van der Waals surface area contributed by atoms with Crippen LogP contribution in [-0.4, -0.2) is 60.2 Å². The number of carbonyl (C=O) groups is 2. The van der Waals surface area contributed by atoms with E-state index in [0.29, 0.717) is 19.0 Å². The minimum atomic E-state index is -0.292. The Morgan fingerprint density at radius 1 is 1.46 bits per heavy atom. The third-order valence-electron chi connectivity index (χ3n) is 6.37. The number of hydrogen-bond acceptors (Lipinski definition) is 6. The molecule has 4 aliphatic rings. The lowest BCUT2D eigenvalue weighted by molar-refractivity contribution is -0.119. The standard InChI is InChI=1S/C20H24N4O3S/c1-13(25)22-9-17-11-24(19(26)27-17)16-4-2-14(3-5-16)20-8-15(20)10-23(12-20)18-21-6-7-28-18/h2-4,6-7,15-17H,5,8-12H2,1H3,(H,22,25)/t15?,16?,17-,20?/m0/s1. The summed E-state index contributed by atoms with van der Waals surface area (Å²) in [6.45, 7) is 4.48. The van der Waals surface area contributed by atoms with Crippen molar-refractivity contribution in [3.63, 3.8) is 0 Å². The fraction of sp³-hybridized carbons (Fsp3) is 0.550. The van der Waals surface area contributed by atoms with Crippen LogP contribution in [0.1, 0.15) is 19.8 Å². The van der Waals surface area contributed by atoms with Gasteiger partial charge in [0.05, 0.1) is 19.1 Å². The molecule has 2 aliphatic heterocycles. The van der Waals surface area contributed by atoms with E-state index in [-0.39, 0.29) is 29.6 Å². The maximum Gasteiger partial charge on any atom is 0.410 e. The average molecular weight is 401 g/mol. The van der Waals surface area contributed by atoms with Gasteiger partial charge in [-0.25, -0.2) is 9.78 Å². The van der Waals surface area contributed by atoms with Crippen LogP contribution in [0.15, 0.2) is 35.4 Å². The number of amides is 2. The van der Waals surface area contributed by atoms with Crippen LogP contribution in [0.5, 0.6) is 0 Å². The molecule has 4 atom stereocenters. The Morgan fingerprint density at radius 2 is 2.36 bits per heavy atom. The number of ether oxygens (including phenoxy) is 1. The number of allylic oxidation sites excluding steroid dienone is 1. The number of thiazole rings is 1. The highest BCUT2D eigenvalue weighted by Crippen LogP contribution is 2.63. The highest BCUT2D eigenvalue weighted by atomic mass is 32.1. The number of carbonyl (C=O) groups excluding carboxylic acids is 2. The number of piperidine rings is 1. The summed E-state index contributed by atoms with van der Waals surface area (Å²) in [4.78, 5) is 31.9. The van der Waals surface area contributed by atoms with Gasteiger partial charge in [-0.2, -0.15) is 0 Å². The molecule has 3 fully saturated rings. The molecular formula is C20H24N4O3S. The molecular weight excluding hydrogens is 376 g/mol. The minimum absolute atomic E-state index is 0.0312. The molecule has 0 radical (unpaired) electrons. The molecule has 0 bridgehead atoms. The van der Waals surface area contributed by atoms with Gasteiger partial charge in [0.2, 0.25) is 5.91 Å². The Hall–Kier alpha value is -2.35. The molecule has 28 heavy (non-hydrogen) atoms. The van der Waals surface area contributed by atoms with Crippen molar-refractivity contribution in [3.05, 3.63) is 35.4 Å². The summed E-state index contributed by atoms with van der Waals surface area (Å²) < 4.78 is 5.39. The zero-order valence-corrected chi connectivity index (χ0v) is 16.7. The second-order valence-corrected chi connectivity index (χ2v) is 9.04. The molecule has 1 aromatic rings. The van der Waals surface area contributed by atoms with Gasteiger partial charge in [0.15, 0.2) is 5.13 Å². The SMILES string of the molecule is CC(=O)NC[C@H]1CN(C2C=CC(C34CC3CN(c3nccs3)C4)=CC2)C(=O)O1. The molecule has 8 heteroatoms. The summed E-state index contributed by atoms with van der Waals surface area (Å²) in [5.74, 6) is 0.601. The van der Waals surface area contributed by atoms with Crippen LogP contribution in [0, 0.1) is 11.3 Å². The van der Waals surface area contributed by atoms with Gasteiger partial charge in [-0.05, 0) is 24.3 Å². The van der Waals surface area contributed by atoms with Crippen molar-refractivity contribution in [1.29, 1.82) is 0 Å². The van der Waals surface area contributed by atoms with Gasteiger partial charge in [-0.15, -0.1) is 11.3 Å². The summed E-state index contributed by atoms with van der Waals surface area (Å²) >= 11 is 1.70. The molecule has 0 spiro atoms. The Morgan fingerprint density at radius 3 is 3.07 bits per heavy atom. The van der Waals surface area contributed by atoms with Crippen LogP contribution in [-0.2, 0) is 9.53 Å². The van der Waals surface area contributed by atoms with Crippen LogP contribution in [0.25, 0.3) is 0 Å². The summed E-state index contributed by atoms with van der Waals surface area (Å²) in [5, 5.41) is 5.87. The van der Waals surface area contributed by atoms with Crippen molar-refractivity contribution < 1.29 is 14.3 Å². The zero-order valence-electron chi connectivity index (χ0n) is 15.8. The smallest absolute Gasteiger partial charge is 0.410 e. The Kier molecular flexibility index (Phi) is 4.19. The predicted molar refractivity (Wildman–Crippen MR) is 106 cm³/mol. The second-order valence-electron chi connectivity index (χ2n) is 8.17. The Labute approximate surface area is 168 Å². The summed E-state index contributed by atoms with van der Waals surface area (Å²) in [7, 11) is 0. The third-order valence-corrected chi connectivity index (χ3v) is 7.20. The van der Waals surface area contributed by atoms with Crippen molar-refractivity contribution in [2.45, 2.75) is 31.9 Å². The Balaban J connectivity index is 1.20. The van der Waals surface area contributed by atoms with Crippen LogP contribution >= 0.6 is 11.3 Å². The molecule has 1 N–H and O–H groups in total. The van der Waals surface area contributed by atoms with Crippen molar-refractivity contribution in [2.75, 3.05) is 31.1 Å². The number of cyclic esters (lactones) is 1. The Bertz CT molecular complexity index is 852. The van der Waals surface area contributed by atoms with Gasteiger partial charge >= 0.3 is 6.09 Å². The molecule has 0 aromatic carbocycles. The molecule has 148 valence electrons. The maximum absolute atomic E-state index is 12.2. The van der Waals surface area contributed by atoms with Gasteiger partial charge in [-0.1, -0.05) is 18.2 Å². The number of hydrogen-bond donors (Lipinski definition) is 1. The molecule has 5 rings (SSSR count). The van der Waals surface area contributed by atoms with Crippen molar-refractivity contribution in [3.8, 4) is 0 Å². The van der Waals surface area contributed by atoms with E-state index < -0.39 is 0 Å². The minimum Gasteiger partial charge on any atom is -0.442 e. The quantitative estimate of drug-likeness (QED) is 0.820. The summed E-state index contributed by atoms with van der Waals surface area (Å²) in [6, 6.07) is 0.0312. The summed E-state index contributed by atoms with van der Waals surface area (Å²) in [6.07, 6.45) is 10.0. The number of nitrogens with zero attached hydrogens (tertiary/aromatic N) is 3. The van der Waals surface area contributed by atoms with E-state index in [2.05, 4.69) is 33.4 Å². The molecule has 1 saturated carbocycles. The van der Waals surface area contributed by atoms with E-state index in [0.717, 1.165) is 24.6 Å². The molecule has 2 amide bonds. The second kappa shape index (κ2) is 6.62. The van der Waals surface area contributed by atoms with E-state index in [1.165, 1.54) is 18.9 Å². The average Bonchev–Trinajstić information content (AvgIpc) is 3.13. The van der Waals surface area contributed by atoms with Gasteiger partial charge in [0.25, 0.3) is 0 Å². The van der Waals surface area contributed by atoms with E-state index >= 15 is 0 Å². The van der Waals surface area contributed by atoms with E-state index in [4.69, 9.17) is 4.74 Å². The number of aromatic nitrogens is 1. The molecule has 7 nitrogen and oxygen atoms in total. The van der Waals surface area contributed by atoms with Gasteiger partial charge in [0.1, 0.15) is 6.10 Å². The highest BCUT2D eigenvalue weighted by Gasteiger charge is 2.61. The first-order valence-electron chi connectivity index (χ1n) is 9.80. The normalized spacial score (nSPS) is 33.5. The van der Waals surface area contributed by atoms with Crippen LogP contribution in [0.4, 0.5) is 9.93 Å². The van der Waals surface area contributed by atoms with Crippen molar-refractivity contribution >= 4 is 28.5 Å². The fourth-order valence-electron chi connectivity index (χ4n) is 4.83. The van der Waals surface area contributed by atoms with Gasteiger partial charge in [0, 0.05) is 37.0 Å². The lowest BCUT2D eigenvalue weighted by atomic mass is 9.88.